The van der Waals surface area contributed by atoms with Crippen LogP contribution in [0, 0.1) is 10.1 Å². The molecular formula is C26H21NO4. The van der Waals surface area contributed by atoms with E-state index in [4.69, 9.17) is 9.47 Å². The molecule has 0 aromatic heterocycles. The molecule has 0 unspecified atom stereocenters. The maximum absolute atomic E-state index is 12.1. The summed E-state index contributed by atoms with van der Waals surface area (Å²) in [6.45, 7) is 0.340. The van der Waals surface area contributed by atoms with E-state index in [2.05, 4.69) is 0 Å². The molecule has 0 atom stereocenters. The van der Waals surface area contributed by atoms with Gasteiger partial charge in [-0.3, -0.25) is 10.1 Å². The Morgan fingerprint density at radius 1 is 0.774 bits per heavy atom. The molecule has 5 heteroatoms. The standard InChI is InChI=1S/C26H21NO4/c1-30-21-15-16-23(25(17-21)31-18-19-9-4-2-5-10-19)24-14-8-13-22(26(24)27(28)29)20-11-6-3-7-12-20/h2-17H,18H2,1H3. The highest BCUT2D eigenvalue weighted by atomic mass is 16.6. The third kappa shape index (κ3) is 4.41. The zero-order valence-electron chi connectivity index (χ0n) is 17.0. The minimum Gasteiger partial charge on any atom is -0.497 e. The van der Waals surface area contributed by atoms with Gasteiger partial charge in [-0.25, -0.2) is 0 Å². The highest BCUT2D eigenvalue weighted by Crippen LogP contribution is 2.43. The second kappa shape index (κ2) is 9.13. The lowest BCUT2D eigenvalue weighted by molar-refractivity contribution is -0.383. The van der Waals surface area contributed by atoms with Crippen LogP contribution in [0.3, 0.4) is 0 Å². The Kier molecular flexibility index (Phi) is 5.94. The van der Waals surface area contributed by atoms with Crippen LogP contribution in [-0.4, -0.2) is 12.0 Å². The average molecular weight is 411 g/mol. The molecule has 31 heavy (non-hydrogen) atoms. The minimum absolute atomic E-state index is 0.0448. The van der Waals surface area contributed by atoms with Crippen LogP contribution >= 0.6 is 0 Å². The van der Waals surface area contributed by atoms with E-state index < -0.39 is 0 Å². The highest BCUT2D eigenvalue weighted by Gasteiger charge is 2.24. The van der Waals surface area contributed by atoms with Crippen molar-refractivity contribution >= 4 is 5.69 Å². The third-order valence-electron chi connectivity index (χ3n) is 5.02. The van der Waals surface area contributed by atoms with Gasteiger partial charge in [0.1, 0.15) is 18.1 Å². The van der Waals surface area contributed by atoms with Gasteiger partial charge in [0.05, 0.1) is 23.2 Å². The molecular weight excluding hydrogens is 390 g/mol. The van der Waals surface area contributed by atoms with E-state index >= 15 is 0 Å². The number of para-hydroxylation sites is 1. The van der Waals surface area contributed by atoms with Gasteiger partial charge in [0.25, 0.3) is 5.69 Å². The summed E-state index contributed by atoms with van der Waals surface area (Å²) in [5.41, 5.74) is 3.54. The first-order valence-electron chi connectivity index (χ1n) is 9.85. The van der Waals surface area contributed by atoms with Crippen molar-refractivity contribution < 1.29 is 14.4 Å². The maximum Gasteiger partial charge on any atom is 0.285 e. The van der Waals surface area contributed by atoms with Crippen LogP contribution in [0.15, 0.2) is 97.1 Å². The zero-order chi connectivity index (χ0) is 21.6. The van der Waals surface area contributed by atoms with Crippen molar-refractivity contribution in [2.75, 3.05) is 7.11 Å². The summed E-state index contributed by atoms with van der Waals surface area (Å²) in [5, 5.41) is 12.1. The number of ether oxygens (including phenoxy) is 2. The molecule has 0 amide bonds. The molecule has 0 radical (unpaired) electrons. The number of benzene rings is 4. The van der Waals surface area contributed by atoms with Crippen molar-refractivity contribution in [2.45, 2.75) is 6.61 Å². The van der Waals surface area contributed by atoms with Crippen molar-refractivity contribution in [3.8, 4) is 33.8 Å². The van der Waals surface area contributed by atoms with Gasteiger partial charge in [0.15, 0.2) is 0 Å². The molecule has 0 saturated carbocycles. The van der Waals surface area contributed by atoms with Crippen LogP contribution in [0.2, 0.25) is 0 Å². The molecule has 0 aliphatic rings. The summed E-state index contributed by atoms with van der Waals surface area (Å²) in [5.74, 6) is 1.14. The fraction of sp³-hybridized carbons (Fsp3) is 0.0769. The first-order chi connectivity index (χ1) is 15.2. The lowest BCUT2D eigenvalue weighted by Gasteiger charge is -2.15. The normalized spacial score (nSPS) is 10.5. The number of nitrogens with zero attached hydrogens (tertiary/aromatic N) is 1. The topological polar surface area (TPSA) is 61.6 Å². The molecule has 154 valence electrons. The predicted molar refractivity (Wildman–Crippen MR) is 121 cm³/mol. The smallest absolute Gasteiger partial charge is 0.285 e. The predicted octanol–water partition coefficient (Wildman–Crippen LogP) is 6.52. The van der Waals surface area contributed by atoms with Crippen LogP contribution < -0.4 is 9.47 Å². The lowest BCUT2D eigenvalue weighted by Crippen LogP contribution is -2.00. The summed E-state index contributed by atoms with van der Waals surface area (Å²) < 4.78 is 11.5. The molecule has 0 fully saturated rings. The number of methoxy groups -OCH3 is 1. The van der Waals surface area contributed by atoms with Crippen molar-refractivity contribution in [2.24, 2.45) is 0 Å². The van der Waals surface area contributed by atoms with E-state index in [1.165, 1.54) is 0 Å². The number of nitro groups is 1. The SMILES string of the molecule is COc1ccc(-c2cccc(-c3ccccc3)c2[N+](=O)[O-])c(OCc2ccccc2)c1. The Labute approximate surface area is 180 Å². The fourth-order valence-electron chi connectivity index (χ4n) is 3.52. The summed E-state index contributed by atoms with van der Waals surface area (Å²) in [6, 6.07) is 29.8. The fourth-order valence-corrected chi connectivity index (χ4v) is 3.52. The van der Waals surface area contributed by atoms with E-state index in [0.717, 1.165) is 11.1 Å². The van der Waals surface area contributed by atoms with Crippen molar-refractivity contribution in [3.05, 3.63) is 113 Å². The molecule has 4 rings (SSSR count). The van der Waals surface area contributed by atoms with Gasteiger partial charge in [0, 0.05) is 11.6 Å². The van der Waals surface area contributed by atoms with Gasteiger partial charge in [-0.05, 0) is 35.4 Å². The largest absolute Gasteiger partial charge is 0.497 e. The van der Waals surface area contributed by atoms with Crippen LogP contribution in [0.25, 0.3) is 22.3 Å². The van der Waals surface area contributed by atoms with E-state index in [1.807, 2.05) is 66.7 Å². The Morgan fingerprint density at radius 2 is 1.45 bits per heavy atom. The van der Waals surface area contributed by atoms with Gasteiger partial charge in [-0.2, -0.15) is 0 Å². The van der Waals surface area contributed by atoms with E-state index in [1.54, 1.807) is 37.4 Å². The van der Waals surface area contributed by atoms with Gasteiger partial charge in [-0.15, -0.1) is 0 Å². The van der Waals surface area contributed by atoms with Crippen molar-refractivity contribution in [3.63, 3.8) is 0 Å². The van der Waals surface area contributed by atoms with Gasteiger partial charge >= 0.3 is 0 Å². The van der Waals surface area contributed by atoms with Crippen LogP contribution in [0.1, 0.15) is 5.56 Å². The molecule has 0 aliphatic carbocycles. The molecule has 0 bridgehead atoms. The molecule has 5 nitrogen and oxygen atoms in total. The zero-order valence-corrected chi connectivity index (χ0v) is 17.0. The van der Waals surface area contributed by atoms with Gasteiger partial charge in [-0.1, -0.05) is 66.7 Å². The van der Waals surface area contributed by atoms with E-state index in [9.17, 15) is 10.1 Å². The second-order valence-corrected chi connectivity index (χ2v) is 6.96. The summed E-state index contributed by atoms with van der Waals surface area (Å²) in [6.07, 6.45) is 0. The monoisotopic (exact) mass is 411 g/mol. The number of hydrogen-bond acceptors (Lipinski definition) is 4. The van der Waals surface area contributed by atoms with E-state index in [0.29, 0.717) is 34.8 Å². The summed E-state index contributed by atoms with van der Waals surface area (Å²) in [4.78, 5) is 11.8. The molecule has 0 spiro atoms. The maximum atomic E-state index is 12.1. The van der Waals surface area contributed by atoms with Crippen LogP contribution in [-0.2, 0) is 6.61 Å². The van der Waals surface area contributed by atoms with Crippen LogP contribution in [0.4, 0.5) is 5.69 Å². The Hall–Kier alpha value is -4.12. The highest BCUT2D eigenvalue weighted by molar-refractivity contribution is 5.88. The number of nitro benzene ring substituents is 1. The van der Waals surface area contributed by atoms with Crippen molar-refractivity contribution in [1.82, 2.24) is 0 Å². The summed E-state index contributed by atoms with van der Waals surface area (Å²) in [7, 11) is 1.58. The molecule has 4 aromatic carbocycles. The molecule has 0 heterocycles. The molecule has 0 saturated heterocycles. The Morgan fingerprint density at radius 3 is 2.13 bits per heavy atom. The van der Waals surface area contributed by atoms with Gasteiger partial charge in [0.2, 0.25) is 0 Å². The van der Waals surface area contributed by atoms with E-state index in [-0.39, 0.29) is 10.6 Å². The summed E-state index contributed by atoms with van der Waals surface area (Å²) >= 11 is 0. The second-order valence-electron chi connectivity index (χ2n) is 6.96. The lowest BCUT2D eigenvalue weighted by atomic mass is 9.95. The number of hydrogen-bond donors (Lipinski definition) is 0. The van der Waals surface area contributed by atoms with Crippen LogP contribution in [0.5, 0.6) is 11.5 Å². The molecule has 0 N–H and O–H groups in total. The van der Waals surface area contributed by atoms with Crippen molar-refractivity contribution in [1.29, 1.82) is 0 Å². The third-order valence-corrected chi connectivity index (χ3v) is 5.02. The minimum atomic E-state index is -0.330. The van der Waals surface area contributed by atoms with Gasteiger partial charge < -0.3 is 9.47 Å². The quantitative estimate of drug-likeness (QED) is 0.257. The molecule has 4 aromatic rings. The average Bonchev–Trinajstić information content (AvgIpc) is 2.83. The number of rotatable bonds is 7. The first kappa shape index (κ1) is 20.2. The Bertz CT molecular complexity index is 1190. The molecule has 0 aliphatic heterocycles. The Balaban J connectivity index is 1.83. The first-order valence-corrected chi connectivity index (χ1v) is 9.85.